The summed E-state index contributed by atoms with van der Waals surface area (Å²) in [5.41, 5.74) is 1.15. The van der Waals surface area contributed by atoms with Crippen molar-refractivity contribution in [2.45, 2.75) is 19.9 Å². The minimum atomic E-state index is 0.676. The first-order chi connectivity index (χ1) is 7.75. The molecule has 0 aliphatic heterocycles. The maximum atomic E-state index is 5.01. The van der Waals surface area contributed by atoms with E-state index >= 15 is 0 Å². The molecule has 86 valence electrons. The number of aromatic nitrogens is 4. The summed E-state index contributed by atoms with van der Waals surface area (Å²) in [4.78, 5) is 4.13. The molecule has 0 radical (unpaired) electrons. The third kappa shape index (κ3) is 2.66. The van der Waals surface area contributed by atoms with Crippen molar-refractivity contribution < 1.29 is 4.52 Å². The predicted molar refractivity (Wildman–Crippen MR) is 57.7 cm³/mol. The summed E-state index contributed by atoms with van der Waals surface area (Å²) in [6, 6.07) is 1.99. The van der Waals surface area contributed by atoms with E-state index in [1.807, 2.05) is 24.7 Å². The standard InChI is InChI=1S/C10H15N5O/c1-8-13-10(16-14-8)4-5-11-7-9-3-6-12-15(9)2/h3,6,11H,4-5,7H2,1-2H3. The van der Waals surface area contributed by atoms with Gasteiger partial charge in [-0.05, 0) is 13.0 Å². The average Bonchev–Trinajstić information content (AvgIpc) is 2.83. The fourth-order valence-electron chi connectivity index (χ4n) is 1.43. The lowest BCUT2D eigenvalue weighted by Crippen LogP contribution is -2.18. The van der Waals surface area contributed by atoms with Gasteiger partial charge in [0.2, 0.25) is 5.89 Å². The van der Waals surface area contributed by atoms with Crippen molar-refractivity contribution >= 4 is 0 Å². The minimum Gasteiger partial charge on any atom is -0.339 e. The molecule has 2 aromatic rings. The molecule has 0 aliphatic rings. The second kappa shape index (κ2) is 4.89. The van der Waals surface area contributed by atoms with Gasteiger partial charge in [0.05, 0.1) is 5.69 Å². The molecule has 6 nitrogen and oxygen atoms in total. The molecule has 0 saturated heterocycles. The number of nitrogens with zero attached hydrogens (tertiary/aromatic N) is 4. The van der Waals surface area contributed by atoms with Crippen LogP contribution in [0, 0.1) is 6.92 Å². The Labute approximate surface area is 93.7 Å². The summed E-state index contributed by atoms with van der Waals surface area (Å²) >= 11 is 0. The summed E-state index contributed by atoms with van der Waals surface area (Å²) in [6.45, 7) is 3.42. The van der Waals surface area contributed by atoms with Gasteiger partial charge in [-0.25, -0.2) is 0 Å². The first-order valence-electron chi connectivity index (χ1n) is 5.22. The fraction of sp³-hybridized carbons (Fsp3) is 0.500. The molecule has 6 heteroatoms. The van der Waals surface area contributed by atoms with Gasteiger partial charge < -0.3 is 9.84 Å². The summed E-state index contributed by atoms with van der Waals surface area (Å²) in [5, 5.41) is 11.1. The van der Waals surface area contributed by atoms with Gasteiger partial charge in [-0.1, -0.05) is 5.16 Å². The molecule has 0 aliphatic carbocycles. The third-order valence-corrected chi connectivity index (χ3v) is 2.31. The predicted octanol–water partition coefficient (Wildman–Crippen LogP) is 0.444. The minimum absolute atomic E-state index is 0.676. The van der Waals surface area contributed by atoms with Crippen molar-refractivity contribution in [3.63, 3.8) is 0 Å². The van der Waals surface area contributed by atoms with E-state index in [2.05, 4.69) is 20.6 Å². The van der Waals surface area contributed by atoms with Gasteiger partial charge in [0.25, 0.3) is 0 Å². The lowest BCUT2D eigenvalue weighted by Gasteiger charge is -2.02. The van der Waals surface area contributed by atoms with Crippen LogP contribution in [0.25, 0.3) is 0 Å². The molecular formula is C10H15N5O. The fourth-order valence-corrected chi connectivity index (χ4v) is 1.43. The number of aryl methyl sites for hydroxylation is 2. The number of hydrogen-bond donors (Lipinski definition) is 1. The molecule has 16 heavy (non-hydrogen) atoms. The van der Waals surface area contributed by atoms with E-state index in [-0.39, 0.29) is 0 Å². The van der Waals surface area contributed by atoms with Crippen LogP contribution >= 0.6 is 0 Å². The molecule has 0 saturated carbocycles. The molecule has 0 spiro atoms. The summed E-state index contributed by atoms with van der Waals surface area (Å²) in [5.74, 6) is 1.36. The Bertz CT molecular complexity index is 448. The van der Waals surface area contributed by atoms with Gasteiger partial charge in [-0.15, -0.1) is 0 Å². The van der Waals surface area contributed by atoms with Crippen LogP contribution in [0.2, 0.25) is 0 Å². The maximum absolute atomic E-state index is 5.01. The molecular weight excluding hydrogens is 206 g/mol. The number of nitrogens with one attached hydrogen (secondary N) is 1. The summed E-state index contributed by atoms with van der Waals surface area (Å²) in [6.07, 6.45) is 2.54. The van der Waals surface area contributed by atoms with Gasteiger partial charge >= 0.3 is 0 Å². The smallest absolute Gasteiger partial charge is 0.227 e. The SMILES string of the molecule is Cc1noc(CCNCc2ccnn2C)n1. The van der Waals surface area contributed by atoms with Crippen molar-refractivity contribution in [3.8, 4) is 0 Å². The van der Waals surface area contributed by atoms with E-state index in [4.69, 9.17) is 4.52 Å². The normalized spacial score (nSPS) is 10.9. The Morgan fingerprint density at radius 1 is 1.50 bits per heavy atom. The van der Waals surface area contributed by atoms with E-state index in [9.17, 15) is 0 Å². The maximum Gasteiger partial charge on any atom is 0.227 e. The lowest BCUT2D eigenvalue weighted by atomic mass is 10.4. The summed E-state index contributed by atoms with van der Waals surface area (Å²) in [7, 11) is 1.93. The van der Waals surface area contributed by atoms with E-state index in [1.54, 1.807) is 6.20 Å². The van der Waals surface area contributed by atoms with Crippen LogP contribution in [-0.2, 0) is 20.0 Å². The van der Waals surface area contributed by atoms with Crippen LogP contribution in [-0.4, -0.2) is 26.5 Å². The Kier molecular flexibility index (Phi) is 3.31. The van der Waals surface area contributed by atoms with Crippen molar-refractivity contribution in [1.82, 2.24) is 25.2 Å². The van der Waals surface area contributed by atoms with Crippen LogP contribution in [0.15, 0.2) is 16.8 Å². The summed E-state index contributed by atoms with van der Waals surface area (Å²) < 4.78 is 6.86. The second-order valence-corrected chi connectivity index (χ2v) is 3.61. The molecule has 0 fully saturated rings. The van der Waals surface area contributed by atoms with Crippen molar-refractivity contribution in [2.75, 3.05) is 6.54 Å². The zero-order valence-electron chi connectivity index (χ0n) is 9.47. The first-order valence-corrected chi connectivity index (χ1v) is 5.22. The highest BCUT2D eigenvalue weighted by Crippen LogP contribution is 1.97. The van der Waals surface area contributed by atoms with Crippen LogP contribution in [0.3, 0.4) is 0 Å². The molecule has 0 atom stereocenters. The molecule has 0 aromatic carbocycles. The Balaban J connectivity index is 1.71. The number of hydrogen-bond acceptors (Lipinski definition) is 5. The first kappa shape index (κ1) is 10.8. The van der Waals surface area contributed by atoms with Gasteiger partial charge in [-0.2, -0.15) is 10.1 Å². The van der Waals surface area contributed by atoms with Crippen molar-refractivity contribution in [1.29, 1.82) is 0 Å². The second-order valence-electron chi connectivity index (χ2n) is 3.61. The largest absolute Gasteiger partial charge is 0.339 e. The highest BCUT2D eigenvalue weighted by Gasteiger charge is 2.02. The van der Waals surface area contributed by atoms with E-state index < -0.39 is 0 Å². The molecule has 2 rings (SSSR count). The molecule has 2 heterocycles. The highest BCUT2D eigenvalue weighted by molar-refractivity contribution is 4.99. The van der Waals surface area contributed by atoms with Crippen LogP contribution in [0.4, 0.5) is 0 Å². The van der Waals surface area contributed by atoms with Crippen LogP contribution in [0.5, 0.6) is 0 Å². The van der Waals surface area contributed by atoms with E-state index in [0.29, 0.717) is 11.7 Å². The van der Waals surface area contributed by atoms with Gasteiger partial charge in [0.15, 0.2) is 5.82 Å². The van der Waals surface area contributed by atoms with E-state index in [0.717, 1.165) is 25.2 Å². The molecule has 2 aromatic heterocycles. The topological polar surface area (TPSA) is 68.8 Å². The monoisotopic (exact) mass is 221 g/mol. The zero-order valence-corrected chi connectivity index (χ0v) is 9.47. The van der Waals surface area contributed by atoms with Gasteiger partial charge in [0.1, 0.15) is 0 Å². The van der Waals surface area contributed by atoms with Crippen LogP contribution in [0.1, 0.15) is 17.4 Å². The van der Waals surface area contributed by atoms with E-state index in [1.165, 1.54) is 0 Å². The molecule has 0 bridgehead atoms. The molecule has 0 amide bonds. The van der Waals surface area contributed by atoms with Crippen molar-refractivity contribution in [3.05, 3.63) is 29.7 Å². The number of rotatable bonds is 5. The Morgan fingerprint density at radius 2 is 2.38 bits per heavy atom. The zero-order chi connectivity index (χ0) is 11.4. The third-order valence-electron chi connectivity index (χ3n) is 2.31. The van der Waals surface area contributed by atoms with Gasteiger partial charge in [-0.3, -0.25) is 4.68 Å². The van der Waals surface area contributed by atoms with Gasteiger partial charge in [0, 0.05) is 32.8 Å². The average molecular weight is 221 g/mol. The highest BCUT2D eigenvalue weighted by atomic mass is 16.5. The van der Waals surface area contributed by atoms with Crippen LogP contribution < -0.4 is 5.32 Å². The quantitative estimate of drug-likeness (QED) is 0.742. The Hall–Kier alpha value is -1.69. The Morgan fingerprint density at radius 3 is 3.00 bits per heavy atom. The molecule has 0 unspecified atom stereocenters. The molecule has 1 N–H and O–H groups in total. The lowest BCUT2D eigenvalue weighted by molar-refractivity contribution is 0.372. The van der Waals surface area contributed by atoms with Crippen molar-refractivity contribution in [2.24, 2.45) is 7.05 Å².